The quantitative estimate of drug-likeness (QED) is 0.449. The van der Waals surface area contributed by atoms with E-state index in [-0.39, 0.29) is 5.41 Å². The summed E-state index contributed by atoms with van der Waals surface area (Å²) >= 11 is 0. The van der Waals surface area contributed by atoms with E-state index >= 15 is 0 Å². The lowest BCUT2D eigenvalue weighted by molar-refractivity contribution is -0.129. The largest absolute Gasteiger partial charge is 0.494 e. The summed E-state index contributed by atoms with van der Waals surface area (Å²) in [5.74, 6) is 3.51. The minimum atomic E-state index is -0.0314. The maximum atomic E-state index is 12.5. The monoisotopic (exact) mass is 460 g/mol. The van der Waals surface area contributed by atoms with Crippen molar-refractivity contribution in [2.45, 2.75) is 77.0 Å². The molecule has 3 aliphatic carbocycles. The average molecular weight is 461 g/mol. The van der Waals surface area contributed by atoms with E-state index < -0.39 is 0 Å². The number of carbonyl (C=O) groups excluding carboxylic acids is 1. The lowest BCUT2D eigenvalue weighted by Crippen LogP contribution is -2.42. The Kier molecular flexibility index (Phi) is 7.34. The predicted octanol–water partition coefficient (Wildman–Crippen LogP) is 5.89. The van der Waals surface area contributed by atoms with E-state index in [4.69, 9.17) is 4.74 Å². The molecule has 0 radical (unpaired) electrons. The number of aryl methyl sites for hydroxylation is 1. The first-order valence-electron chi connectivity index (χ1n) is 13.5. The molecule has 1 N–H and O–H groups in total. The number of nitrogens with zero attached hydrogens (tertiary/aromatic N) is 1. The summed E-state index contributed by atoms with van der Waals surface area (Å²) in [6.07, 6.45) is 12.9. The molecule has 2 saturated carbocycles. The SMILES string of the molecule is C[C@]12CCC3c4ccc(OCCCCCNCCc5ccccn5)cc4CCC3C1CCC2=O. The summed E-state index contributed by atoms with van der Waals surface area (Å²) in [5, 5.41) is 3.52. The van der Waals surface area contributed by atoms with E-state index in [1.165, 1.54) is 31.2 Å². The Balaban J connectivity index is 1.03. The van der Waals surface area contributed by atoms with Gasteiger partial charge in [0, 0.05) is 36.7 Å². The maximum Gasteiger partial charge on any atom is 0.139 e. The molecule has 34 heavy (non-hydrogen) atoms. The van der Waals surface area contributed by atoms with Crippen molar-refractivity contribution in [1.29, 1.82) is 0 Å². The van der Waals surface area contributed by atoms with Crippen molar-refractivity contribution in [1.82, 2.24) is 10.3 Å². The molecule has 2 aromatic rings. The van der Waals surface area contributed by atoms with Gasteiger partial charge in [-0.25, -0.2) is 0 Å². The zero-order chi connectivity index (χ0) is 23.4. The van der Waals surface area contributed by atoms with E-state index in [0.29, 0.717) is 23.5 Å². The number of aromatic nitrogens is 1. The Hall–Kier alpha value is -2.20. The summed E-state index contributed by atoms with van der Waals surface area (Å²) in [5.41, 5.74) is 4.15. The zero-order valence-corrected chi connectivity index (χ0v) is 20.7. The first-order valence-corrected chi connectivity index (χ1v) is 13.5. The average Bonchev–Trinajstić information content (AvgIpc) is 3.17. The molecule has 1 heterocycles. The number of nitrogens with one attached hydrogen (secondary N) is 1. The van der Waals surface area contributed by atoms with Crippen molar-refractivity contribution in [2.24, 2.45) is 17.3 Å². The first-order chi connectivity index (χ1) is 16.6. The third kappa shape index (κ3) is 4.93. The fourth-order valence-electron chi connectivity index (χ4n) is 7.03. The van der Waals surface area contributed by atoms with E-state index in [1.807, 2.05) is 18.3 Å². The number of hydrogen-bond donors (Lipinski definition) is 1. The van der Waals surface area contributed by atoms with Crippen molar-refractivity contribution in [3.05, 3.63) is 59.4 Å². The molecule has 3 aliphatic rings. The van der Waals surface area contributed by atoms with Crippen molar-refractivity contribution in [2.75, 3.05) is 19.7 Å². The molecule has 0 amide bonds. The van der Waals surface area contributed by atoms with Gasteiger partial charge in [0.1, 0.15) is 11.5 Å². The van der Waals surface area contributed by atoms with Gasteiger partial charge in [-0.05, 0) is 111 Å². The Bertz CT molecular complexity index is 975. The van der Waals surface area contributed by atoms with Gasteiger partial charge < -0.3 is 10.1 Å². The molecule has 4 heteroatoms. The molecule has 0 bridgehead atoms. The van der Waals surface area contributed by atoms with Crippen LogP contribution in [0, 0.1) is 17.3 Å². The summed E-state index contributed by atoms with van der Waals surface area (Å²) < 4.78 is 6.12. The zero-order valence-electron chi connectivity index (χ0n) is 20.7. The fraction of sp³-hybridized carbons (Fsp3) is 0.600. The van der Waals surface area contributed by atoms with Crippen LogP contribution in [0.1, 0.15) is 81.0 Å². The van der Waals surface area contributed by atoms with E-state index in [2.05, 4.69) is 41.5 Å². The van der Waals surface area contributed by atoms with Crippen LogP contribution < -0.4 is 10.1 Å². The summed E-state index contributed by atoms with van der Waals surface area (Å²) in [4.78, 5) is 16.9. The number of hydrogen-bond acceptors (Lipinski definition) is 4. The van der Waals surface area contributed by atoms with Crippen LogP contribution in [0.3, 0.4) is 0 Å². The van der Waals surface area contributed by atoms with Gasteiger partial charge in [-0.1, -0.05) is 19.1 Å². The summed E-state index contributed by atoms with van der Waals surface area (Å²) in [7, 11) is 0. The third-order valence-electron chi connectivity index (χ3n) is 8.96. The van der Waals surface area contributed by atoms with Crippen molar-refractivity contribution >= 4 is 5.78 Å². The molecule has 1 aromatic carbocycles. The number of carbonyl (C=O) groups is 1. The molecule has 0 aliphatic heterocycles. The van der Waals surface area contributed by atoms with Gasteiger partial charge in [0.2, 0.25) is 0 Å². The van der Waals surface area contributed by atoms with Gasteiger partial charge in [-0.15, -0.1) is 0 Å². The molecule has 3 unspecified atom stereocenters. The number of ketones is 1. The topological polar surface area (TPSA) is 51.2 Å². The van der Waals surface area contributed by atoms with E-state index in [1.54, 1.807) is 5.56 Å². The molecule has 182 valence electrons. The number of pyridine rings is 1. The molecule has 5 rings (SSSR count). The molecular weight excluding hydrogens is 420 g/mol. The minimum Gasteiger partial charge on any atom is -0.494 e. The lowest BCUT2D eigenvalue weighted by Gasteiger charge is -2.48. The standard InChI is InChI=1S/C30H40N2O2/c1-30-16-14-26-25-11-9-24(21-22(25)8-10-27(26)28(30)12-13-29(30)33)34-20-6-2-4-17-31-19-15-23-7-3-5-18-32-23/h3,5,7,9,11,18,21,26-28,31H,2,4,6,8,10,12-17,19-20H2,1H3/t26?,27?,28?,30-/m0/s1. The summed E-state index contributed by atoms with van der Waals surface area (Å²) in [6, 6.07) is 12.9. The van der Waals surface area contributed by atoms with Crippen LogP contribution in [-0.2, 0) is 17.6 Å². The Morgan fingerprint density at radius 3 is 2.88 bits per heavy atom. The number of ether oxygens (including phenoxy) is 1. The Morgan fingerprint density at radius 2 is 2.00 bits per heavy atom. The van der Waals surface area contributed by atoms with Crippen molar-refractivity contribution < 1.29 is 9.53 Å². The smallest absolute Gasteiger partial charge is 0.139 e. The number of rotatable bonds is 10. The highest BCUT2D eigenvalue weighted by Crippen LogP contribution is 2.59. The van der Waals surface area contributed by atoms with Crippen LogP contribution in [0.5, 0.6) is 5.75 Å². The number of benzene rings is 1. The van der Waals surface area contributed by atoms with Crippen LogP contribution in [0.25, 0.3) is 0 Å². The molecule has 0 spiro atoms. The lowest BCUT2D eigenvalue weighted by atomic mass is 9.55. The first kappa shape index (κ1) is 23.5. The number of Topliss-reactive ketones (excluding diaryl/α,β-unsaturated/α-hetero) is 1. The fourth-order valence-corrected chi connectivity index (χ4v) is 7.03. The van der Waals surface area contributed by atoms with Crippen LogP contribution in [0.2, 0.25) is 0 Å². The molecule has 4 atom stereocenters. The second kappa shape index (κ2) is 10.6. The van der Waals surface area contributed by atoms with Crippen LogP contribution in [0.4, 0.5) is 0 Å². The third-order valence-corrected chi connectivity index (χ3v) is 8.96. The van der Waals surface area contributed by atoms with Crippen molar-refractivity contribution in [3.63, 3.8) is 0 Å². The van der Waals surface area contributed by atoms with Gasteiger partial charge >= 0.3 is 0 Å². The second-order valence-electron chi connectivity index (χ2n) is 10.9. The predicted molar refractivity (Wildman–Crippen MR) is 136 cm³/mol. The number of unbranched alkanes of at least 4 members (excludes halogenated alkanes) is 2. The molecular formula is C30H40N2O2. The van der Waals surface area contributed by atoms with E-state index in [0.717, 1.165) is 69.7 Å². The van der Waals surface area contributed by atoms with Gasteiger partial charge in [0.25, 0.3) is 0 Å². The van der Waals surface area contributed by atoms with Crippen molar-refractivity contribution in [3.8, 4) is 5.75 Å². The highest BCUT2D eigenvalue weighted by atomic mass is 16.5. The van der Waals surface area contributed by atoms with Gasteiger partial charge in [-0.2, -0.15) is 0 Å². The number of fused-ring (bicyclic) bond motifs is 5. The summed E-state index contributed by atoms with van der Waals surface area (Å²) in [6.45, 7) is 5.09. The van der Waals surface area contributed by atoms with Gasteiger partial charge in [-0.3, -0.25) is 9.78 Å². The normalized spacial score (nSPS) is 27.7. The van der Waals surface area contributed by atoms with Crippen LogP contribution in [-0.4, -0.2) is 30.5 Å². The van der Waals surface area contributed by atoms with E-state index in [9.17, 15) is 4.79 Å². The Labute approximate surface area is 204 Å². The van der Waals surface area contributed by atoms with Crippen LogP contribution >= 0.6 is 0 Å². The highest BCUT2D eigenvalue weighted by Gasteiger charge is 2.54. The highest BCUT2D eigenvalue weighted by molar-refractivity contribution is 5.87. The molecule has 4 nitrogen and oxygen atoms in total. The minimum absolute atomic E-state index is 0.0314. The molecule has 1 aromatic heterocycles. The maximum absolute atomic E-state index is 12.5. The molecule has 2 fully saturated rings. The van der Waals surface area contributed by atoms with Gasteiger partial charge in [0.05, 0.1) is 6.61 Å². The van der Waals surface area contributed by atoms with Gasteiger partial charge in [0.15, 0.2) is 0 Å². The second-order valence-corrected chi connectivity index (χ2v) is 10.9. The van der Waals surface area contributed by atoms with Crippen LogP contribution in [0.15, 0.2) is 42.6 Å². The Morgan fingerprint density at radius 1 is 1.06 bits per heavy atom. The molecule has 0 saturated heterocycles.